The quantitative estimate of drug-likeness (QED) is 0.659. The van der Waals surface area contributed by atoms with Gasteiger partial charge < -0.3 is 0 Å². The Hall–Kier alpha value is -3.12. The summed E-state index contributed by atoms with van der Waals surface area (Å²) in [6.45, 7) is 0. The highest BCUT2D eigenvalue weighted by Gasteiger charge is 2.34. The van der Waals surface area contributed by atoms with Crippen molar-refractivity contribution in [3.63, 3.8) is 0 Å². The van der Waals surface area contributed by atoms with Gasteiger partial charge in [-0.3, -0.25) is 14.2 Å². The van der Waals surface area contributed by atoms with Gasteiger partial charge in [0.1, 0.15) is 5.82 Å². The molecule has 0 saturated heterocycles. The number of rotatable bonds is 2. The van der Waals surface area contributed by atoms with Crippen LogP contribution in [0.1, 0.15) is 36.4 Å². The minimum atomic E-state index is -0.468. The van der Waals surface area contributed by atoms with Crippen molar-refractivity contribution in [3.05, 3.63) is 102 Å². The number of ketones is 1. The van der Waals surface area contributed by atoms with E-state index < -0.39 is 6.04 Å². The number of benzene rings is 2. The highest BCUT2D eigenvalue weighted by molar-refractivity contribution is 7.07. The van der Waals surface area contributed by atoms with Crippen LogP contribution in [0.25, 0.3) is 6.08 Å². The largest absolute Gasteiger partial charge is 0.294 e. The van der Waals surface area contributed by atoms with Crippen molar-refractivity contribution in [1.29, 1.82) is 0 Å². The molecule has 5 rings (SSSR count). The van der Waals surface area contributed by atoms with Gasteiger partial charge in [0.05, 0.1) is 16.3 Å². The summed E-state index contributed by atoms with van der Waals surface area (Å²) < 4.78 is 15.7. The van der Waals surface area contributed by atoms with E-state index in [9.17, 15) is 14.0 Å². The van der Waals surface area contributed by atoms with Crippen LogP contribution in [0.4, 0.5) is 4.39 Å². The van der Waals surface area contributed by atoms with Gasteiger partial charge in [-0.05, 0) is 42.2 Å². The fourth-order valence-electron chi connectivity index (χ4n) is 4.01. The first-order valence-corrected chi connectivity index (χ1v) is 10.3. The van der Waals surface area contributed by atoms with Crippen molar-refractivity contribution in [3.8, 4) is 0 Å². The predicted octanol–water partition coefficient (Wildman–Crippen LogP) is 3.11. The molecule has 1 aromatic heterocycles. The van der Waals surface area contributed by atoms with Crippen molar-refractivity contribution in [2.24, 2.45) is 4.99 Å². The van der Waals surface area contributed by atoms with Crippen molar-refractivity contribution in [2.75, 3.05) is 0 Å². The molecule has 0 saturated carbocycles. The third kappa shape index (κ3) is 3.09. The molecule has 2 aliphatic rings. The number of halogens is 1. The summed E-state index contributed by atoms with van der Waals surface area (Å²) in [5.74, 6) is -0.294. The van der Waals surface area contributed by atoms with Crippen LogP contribution in [-0.4, -0.2) is 10.4 Å². The number of carbonyl (C=O) groups excluding carboxylic acids is 1. The first kappa shape index (κ1) is 17.9. The first-order valence-electron chi connectivity index (χ1n) is 9.50. The van der Waals surface area contributed by atoms with E-state index in [1.165, 1.54) is 23.5 Å². The predicted molar refractivity (Wildman–Crippen MR) is 110 cm³/mol. The summed E-state index contributed by atoms with van der Waals surface area (Å²) in [4.78, 5) is 31.4. The van der Waals surface area contributed by atoms with Crippen molar-refractivity contribution in [1.82, 2.24) is 4.57 Å². The molecule has 0 amide bonds. The maximum absolute atomic E-state index is 13.6. The van der Waals surface area contributed by atoms with E-state index in [0.29, 0.717) is 26.9 Å². The van der Waals surface area contributed by atoms with Gasteiger partial charge >= 0.3 is 0 Å². The molecular formula is C23H17FN2O2S. The highest BCUT2D eigenvalue weighted by Crippen LogP contribution is 2.35. The molecule has 0 fully saturated rings. The lowest BCUT2D eigenvalue weighted by Gasteiger charge is -2.28. The molecule has 6 heteroatoms. The molecular weight excluding hydrogens is 387 g/mol. The maximum Gasteiger partial charge on any atom is 0.271 e. The molecule has 0 radical (unpaired) electrons. The van der Waals surface area contributed by atoms with Crippen molar-refractivity contribution < 1.29 is 9.18 Å². The zero-order valence-electron chi connectivity index (χ0n) is 15.5. The Morgan fingerprint density at radius 2 is 1.90 bits per heavy atom. The molecule has 1 atom stereocenters. The van der Waals surface area contributed by atoms with E-state index >= 15 is 0 Å². The third-order valence-corrected chi connectivity index (χ3v) is 6.27. The topological polar surface area (TPSA) is 51.4 Å². The van der Waals surface area contributed by atoms with Crippen LogP contribution in [-0.2, 0) is 4.79 Å². The van der Waals surface area contributed by atoms with Gasteiger partial charge in [0, 0.05) is 12.0 Å². The average Bonchev–Trinajstić information content (AvgIpc) is 3.02. The number of carbonyl (C=O) groups is 1. The molecule has 144 valence electrons. The SMILES string of the molecule is O=C1CCCC2=C1[C@H](c1ccccc1)n1c(sc(=Cc3cccc(F)c3)c1=O)=N2. The Balaban J connectivity index is 1.77. The molecule has 3 aromatic rings. The van der Waals surface area contributed by atoms with E-state index in [4.69, 9.17) is 0 Å². The Kier molecular flexibility index (Phi) is 4.36. The van der Waals surface area contributed by atoms with Crippen LogP contribution in [0.3, 0.4) is 0 Å². The molecule has 0 bridgehead atoms. The summed E-state index contributed by atoms with van der Waals surface area (Å²) in [6.07, 6.45) is 3.67. The second kappa shape index (κ2) is 7.04. The molecule has 1 aliphatic carbocycles. The lowest BCUT2D eigenvalue weighted by molar-refractivity contribution is -0.116. The summed E-state index contributed by atoms with van der Waals surface area (Å²) >= 11 is 1.28. The van der Waals surface area contributed by atoms with E-state index in [0.717, 1.165) is 24.1 Å². The van der Waals surface area contributed by atoms with E-state index in [-0.39, 0.29) is 17.2 Å². The van der Waals surface area contributed by atoms with Gasteiger partial charge in [0.25, 0.3) is 5.56 Å². The van der Waals surface area contributed by atoms with Gasteiger partial charge in [-0.2, -0.15) is 0 Å². The molecule has 0 unspecified atom stereocenters. The second-order valence-corrected chi connectivity index (χ2v) is 8.19. The standard InChI is InChI=1S/C23H17FN2O2S/c24-16-9-4-6-14(12-16)13-19-22(28)26-21(15-7-2-1-3-8-15)20-17(25-23(26)29-19)10-5-11-18(20)27/h1-4,6-9,12-13,21H,5,10-11H2/t21-/m0/s1. The summed E-state index contributed by atoms with van der Waals surface area (Å²) in [6, 6.07) is 15.3. The number of allylic oxidation sites excluding steroid dienone is 2. The Morgan fingerprint density at radius 3 is 2.69 bits per heavy atom. The van der Waals surface area contributed by atoms with Gasteiger partial charge in [0.15, 0.2) is 10.6 Å². The highest BCUT2D eigenvalue weighted by atomic mass is 32.1. The van der Waals surface area contributed by atoms with Crippen molar-refractivity contribution >= 4 is 23.2 Å². The van der Waals surface area contributed by atoms with E-state index in [2.05, 4.69) is 4.99 Å². The molecule has 0 spiro atoms. The van der Waals surface area contributed by atoms with Crippen LogP contribution < -0.4 is 14.9 Å². The summed E-state index contributed by atoms with van der Waals surface area (Å²) in [5, 5.41) is 0. The number of hydrogen-bond donors (Lipinski definition) is 0. The monoisotopic (exact) mass is 404 g/mol. The molecule has 29 heavy (non-hydrogen) atoms. The van der Waals surface area contributed by atoms with Crippen LogP contribution in [0.2, 0.25) is 0 Å². The molecule has 1 aliphatic heterocycles. The molecule has 2 heterocycles. The number of Topliss-reactive ketones (excluding diaryl/α,β-unsaturated/α-hetero) is 1. The molecule has 0 N–H and O–H groups in total. The lowest BCUT2D eigenvalue weighted by atomic mass is 9.86. The third-order valence-electron chi connectivity index (χ3n) is 5.29. The van der Waals surface area contributed by atoms with Gasteiger partial charge in [-0.1, -0.05) is 53.8 Å². The summed E-state index contributed by atoms with van der Waals surface area (Å²) in [5.41, 5.74) is 2.72. The van der Waals surface area contributed by atoms with Crippen LogP contribution >= 0.6 is 11.3 Å². The van der Waals surface area contributed by atoms with Crippen LogP contribution in [0.5, 0.6) is 0 Å². The molecule has 2 aromatic carbocycles. The zero-order chi connectivity index (χ0) is 20.0. The fraction of sp³-hybridized carbons (Fsp3) is 0.174. The Morgan fingerprint density at radius 1 is 1.07 bits per heavy atom. The smallest absolute Gasteiger partial charge is 0.271 e. The fourth-order valence-corrected chi connectivity index (χ4v) is 5.03. The average molecular weight is 404 g/mol. The number of nitrogens with zero attached hydrogens (tertiary/aromatic N) is 2. The van der Waals surface area contributed by atoms with Gasteiger partial charge in [0.2, 0.25) is 0 Å². The number of aromatic nitrogens is 1. The van der Waals surface area contributed by atoms with Gasteiger partial charge in [-0.15, -0.1) is 0 Å². The minimum absolute atomic E-state index is 0.0586. The first-order chi connectivity index (χ1) is 14.1. The maximum atomic E-state index is 13.6. The molecule has 4 nitrogen and oxygen atoms in total. The van der Waals surface area contributed by atoms with Crippen LogP contribution in [0.15, 0.2) is 75.7 Å². The number of hydrogen-bond acceptors (Lipinski definition) is 4. The number of fused-ring (bicyclic) bond motifs is 1. The van der Waals surface area contributed by atoms with Gasteiger partial charge in [-0.25, -0.2) is 9.38 Å². The number of thiazole rings is 1. The normalized spacial score (nSPS) is 19.0. The Bertz CT molecular complexity index is 1340. The second-order valence-electron chi connectivity index (χ2n) is 7.19. The van der Waals surface area contributed by atoms with Crippen LogP contribution in [0, 0.1) is 5.82 Å². The summed E-state index contributed by atoms with van der Waals surface area (Å²) in [7, 11) is 0. The van der Waals surface area contributed by atoms with E-state index in [1.54, 1.807) is 22.8 Å². The lowest BCUT2D eigenvalue weighted by Crippen LogP contribution is -2.40. The Labute approximate surface area is 170 Å². The van der Waals surface area contributed by atoms with E-state index in [1.807, 2.05) is 30.3 Å². The minimum Gasteiger partial charge on any atom is -0.294 e. The zero-order valence-corrected chi connectivity index (χ0v) is 16.3. The van der Waals surface area contributed by atoms with Crippen molar-refractivity contribution in [2.45, 2.75) is 25.3 Å².